The van der Waals surface area contributed by atoms with Crippen LogP contribution in [0.3, 0.4) is 0 Å². The topological polar surface area (TPSA) is 6.48 Å². The van der Waals surface area contributed by atoms with Crippen LogP contribution in [0.25, 0.3) is 0 Å². The molecule has 4 heteroatoms. The Bertz CT molecular complexity index is 472. The molecule has 0 bridgehead atoms. The van der Waals surface area contributed by atoms with Crippen LogP contribution in [0.2, 0.25) is 10.0 Å². The van der Waals surface area contributed by atoms with E-state index in [9.17, 15) is 0 Å². The third-order valence-electron chi connectivity index (χ3n) is 4.84. The van der Waals surface area contributed by atoms with Crippen molar-refractivity contribution in [2.45, 2.75) is 38.1 Å². The minimum absolute atomic E-state index is 0.646. The van der Waals surface area contributed by atoms with Crippen molar-refractivity contribution in [1.29, 1.82) is 0 Å². The molecule has 2 fully saturated rings. The fourth-order valence-electron chi connectivity index (χ4n) is 3.62. The lowest BCUT2D eigenvalue weighted by molar-refractivity contribution is 0.116. The first kappa shape index (κ1) is 15.6. The van der Waals surface area contributed by atoms with E-state index in [2.05, 4.69) is 15.9 Å². The summed E-state index contributed by atoms with van der Waals surface area (Å²) in [6.07, 6.45) is 6.55. The van der Waals surface area contributed by atoms with Crippen molar-refractivity contribution < 1.29 is 0 Å². The molecule has 1 aromatic rings. The van der Waals surface area contributed by atoms with Crippen LogP contribution in [0.15, 0.2) is 18.2 Å². The molecule has 0 spiro atoms. The maximum absolute atomic E-state index is 6.09. The van der Waals surface area contributed by atoms with Gasteiger partial charge in [-0.3, -0.25) is 4.90 Å². The standard InChI is InChI=1S/C17H24Cl2N2/c18-16-6-5-14(12-17(16)19)7-11-20-8-3-4-15(13-20)21-9-1-2-10-21/h5-6,12,15H,1-4,7-11,13H2/t15-/m1/s1. The molecule has 0 amide bonds. The number of piperidine rings is 1. The van der Waals surface area contributed by atoms with Crippen molar-refractivity contribution in [3.05, 3.63) is 33.8 Å². The summed E-state index contributed by atoms with van der Waals surface area (Å²) in [6.45, 7) is 6.23. The van der Waals surface area contributed by atoms with Crippen LogP contribution in [-0.2, 0) is 6.42 Å². The van der Waals surface area contributed by atoms with E-state index in [1.807, 2.05) is 12.1 Å². The molecule has 2 nitrogen and oxygen atoms in total. The van der Waals surface area contributed by atoms with Gasteiger partial charge in [-0.25, -0.2) is 0 Å². The van der Waals surface area contributed by atoms with Crippen molar-refractivity contribution in [1.82, 2.24) is 9.80 Å². The first-order valence-corrected chi connectivity index (χ1v) is 8.88. The summed E-state index contributed by atoms with van der Waals surface area (Å²) < 4.78 is 0. The Morgan fingerprint density at radius 2 is 1.81 bits per heavy atom. The van der Waals surface area contributed by atoms with E-state index < -0.39 is 0 Å². The fraction of sp³-hybridized carbons (Fsp3) is 0.647. The van der Waals surface area contributed by atoms with Gasteiger partial charge < -0.3 is 4.90 Å². The molecule has 0 aromatic heterocycles. The van der Waals surface area contributed by atoms with Crippen molar-refractivity contribution in [2.75, 3.05) is 32.7 Å². The highest BCUT2D eigenvalue weighted by atomic mass is 35.5. The van der Waals surface area contributed by atoms with Crippen LogP contribution in [0.1, 0.15) is 31.2 Å². The second-order valence-electron chi connectivity index (χ2n) is 6.34. The van der Waals surface area contributed by atoms with E-state index in [0.717, 1.165) is 19.0 Å². The molecule has 0 saturated carbocycles. The van der Waals surface area contributed by atoms with Gasteiger partial charge in [0.05, 0.1) is 10.0 Å². The van der Waals surface area contributed by atoms with Crippen LogP contribution >= 0.6 is 23.2 Å². The Balaban J connectivity index is 1.51. The van der Waals surface area contributed by atoms with E-state index in [0.29, 0.717) is 10.0 Å². The molecular weight excluding hydrogens is 303 g/mol. The minimum Gasteiger partial charge on any atom is -0.301 e. The summed E-state index contributed by atoms with van der Waals surface area (Å²) in [6, 6.07) is 6.79. The summed E-state index contributed by atoms with van der Waals surface area (Å²) in [7, 11) is 0. The van der Waals surface area contributed by atoms with Crippen LogP contribution in [-0.4, -0.2) is 48.6 Å². The first-order valence-electron chi connectivity index (χ1n) is 8.13. The molecule has 3 rings (SSSR count). The van der Waals surface area contributed by atoms with Crippen LogP contribution in [0, 0.1) is 0 Å². The lowest BCUT2D eigenvalue weighted by atomic mass is 10.0. The maximum atomic E-state index is 6.09. The summed E-state index contributed by atoms with van der Waals surface area (Å²) in [5.74, 6) is 0. The molecule has 116 valence electrons. The lowest BCUT2D eigenvalue weighted by Crippen LogP contribution is -2.47. The minimum atomic E-state index is 0.646. The van der Waals surface area contributed by atoms with Crippen LogP contribution in [0.4, 0.5) is 0 Å². The van der Waals surface area contributed by atoms with Crippen molar-refractivity contribution in [3.63, 3.8) is 0 Å². The molecule has 2 aliphatic heterocycles. The number of benzene rings is 1. The average molecular weight is 327 g/mol. The zero-order chi connectivity index (χ0) is 14.7. The SMILES string of the molecule is Clc1ccc(CCN2CCC[C@@H](N3CCCC3)C2)cc1Cl. The van der Waals surface area contributed by atoms with Crippen molar-refractivity contribution in [3.8, 4) is 0 Å². The van der Waals surface area contributed by atoms with Gasteiger partial charge >= 0.3 is 0 Å². The molecule has 1 atom stereocenters. The number of rotatable bonds is 4. The van der Waals surface area contributed by atoms with E-state index in [4.69, 9.17) is 23.2 Å². The van der Waals surface area contributed by atoms with Gasteiger partial charge in [0.25, 0.3) is 0 Å². The van der Waals surface area contributed by atoms with Gasteiger partial charge in [0, 0.05) is 19.1 Å². The predicted octanol–water partition coefficient (Wildman–Crippen LogP) is 4.10. The zero-order valence-electron chi connectivity index (χ0n) is 12.5. The largest absolute Gasteiger partial charge is 0.301 e. The number of nitrogens with zero attached hydrogens (tertiary/aromatic N) is 2. The number of hydrogen-bond donors (Lipinski definition) is 0. The quantitative estimate of drug-likeness (QED) is 0.822. The third kappa shape index (κ3) is 4.13. The molecule has 0 unspecified atom stereocenters. The number of likely N-dealkylation sites (tertiary alicyclic amines) is 2. The monoisotopic (exact) mass is 326 g/mol. The highest BCUT2D eigenvalue weighted by molar-refractivity contribution is 6.42. The first-order chi connectivity index (χ1) is 10.2. The van der Waals surface area contributed by atoms with Crippen molar-refractivity contribution in [2.24, 2.45) is 0 Å². The Hall–Kier alpha value is -0.280. The van der Waals surface area contributed by atoms with E-state index >= 15 is 0 Å². The Labute approximate surface area is 138 Å². The van der Waals surface area contributed by atoms with E-state index in [1.165, 1.54) is 57.4 Å². The van der Waals surface area contributed by atoms with Gasteiger partial charge in [-0.1, -0.05) is 29.3 Å². The third-order valence-corrected chi connectivity index (χ3v) is 5.58. The predicted molar refractivity (Wildman–Crippen MR) is 90.4 cm³/mol. The summed E-state index contributed by atoms with van der Waals surface area (Å²) in [5.41, 5.74) is 1.28. The zero-order valence-corrected chi connectivity index (χ0v) is 14.0. The van der Waals surface area contributed by atoms with Gasteiger partial charge in [-0.15, -0.1) is 0 Å². The number of halogens is 2. The molecule has 1 aromatic carbocycles. The molecule has 2 aliphatic rings. The normalized spacial score (nSPS) is 24.6. The second-order valence-corrected chi connectivity index (χ2v) is 7.15. The molecule has 21 heavy (non-hydrogen) atoms. The van der Waals surface area contributed by atoms with E-state index in [-0.39, 0.29) is 0 Å². The maximum Gasteiger partial charge on any atom is 0.0595 e. The van der Waals surface area contributed by atoms with Gasteiger partial charge in [0.15, 0.2) is 0 Å². The van der Waals surface area contributed by atoms with Crippen LogP contribution in [0.5, 0.6) is 0 Å². The Morgan fingerprint density at radius 3 is 2.57 bits per heavy atom. The highest BCUT2D eigenvalue weighted by Gasteiger charge is 2.26. The van der Waals surface area contributed by atoms with Gasteiger partial charge in [-0.05, 0) is 69.4 Å². The highest BCUT2D eigenvalue weighted by Crippen LogP contribution is 2.24. The summed E-state index contributed by atoms with van der Waals surface area (Å²) in [4.78, 5) is 5.32. The smallest absolute Gasteiger partial charge is 0.0595 e. The van der Waals surface area contributed by atoms with Crippen LogP contribution < -0.4 is 0 Å². The molecule has 2 saturated heterocycles. The summed E-state index contributed by atoms with van der Waals surface area (Å²) in [5, 5.41) is 1.32. The Morgan fingerprint density at radius 1 is 1.00 bits per heavy atom. The summed E-state index contributed by atoms with van der Waals surface area (Å²) >= 11 is 12.1. The van der Waals surface area contributed by atoms with Gasteiger partial charge in [0.1, 0.15) is 0 Å². The van der Waals surface area contributed by atoms with Gasteiger partial charge in [-0.2, -0.15) is 0 Å². The Kier molecular flexibility index (Phi) is 5.44. The average Bonchev–Trinajstić information content (AvgIpc) is 3.03. The van der Waals surface area contributed by atoms with E-state index in [1.54, 1.807) is 0 Å². The van der Waals surface area contributed by atoms with Crippen molar-refractivity contribution >= 4 is 23.2 Å². The second kappa shape index (κ2) is 7.32. The fourth-order valence-corrected chi connectivity index (χ4v) is 3.94. The molecule has 0 aliphatic carbocycles. The number of hydrogen-bond acceptors (Lipinski definition) is 2. The molecule has 0 radical (unpaired) electrons. The molecular formula is C17H24Cl2N2. The lowest BCUT2D eigenvalue weighted by Gasteiger charge is -2.37. The molecule has 2 heterocycles. The molecule has 0 N–H and O–H groups in total. The van der Waals surface area contributed by atoms with Gasteiger partial charge in [0.2, 0.25) is 0 Å².